The summed E-state index contributed by atoms with van der Waals surface area (Å²) >= 11 is 7.71. The number of aliphatic hydroxyl groups excluding tert-OH is 1. The average molecular weight is 475 g/mol. The number of amides is 1. The van der Waals surface area contributed by atoms with Gasteiger partial charge < -0.3 is 19.5 Å². The number of aromatic nitrogens is 1. The van der Waals surface area contributed by atoms with Crippen molar-refractivity contribution >= 4 is 28.8 Å². The lowest BCUT2D eigenvalue weighted by Gasteiger charge is -2.30. The van der Waals surface area contributed by atoms with Gasteiger partial charge in [0.25, 0.3) is 5.91 Å². The van der Waals surface area contributed by atoms with E-state index in [1.165, 1.54) is 11.3 Å². The van der Waals surface area contributed by atoms with Gasteiger partial charge in [-0.05, 0) is 43.7 Å². The molecule has 0 unspecified atom stereocenters. The Kier molecular flexibility index (Phi) is 8.50. The molecule has 32 heavy (non-hydrogen) atoms. The van der Waals surface area contributed by atoms with Crippen LogP contribution in [0.25, 0.3) is 0 Å². The number of carbonyl (C=O) groups excluding carboxylic acids is 1. The molecule has 0 aliphatic heterocycles. The van der Waals surface area contributed by atoms with Gasteiger partial charge >= 0.3 is 0 Å². The van der Waals surface area contributed by atoms with E-state index in [-0.39, 0.29) is 25.2 Å². The average Bonchev–Trinajstić information content (AvgIpc) is 3.29. The molecule has 1 heterocycles. The molecule has 0 aliphatic carbocycles. The van der Waals surface area contributed by atoms with Crippen molar-refractivity contribution in [3.05, 3.63) is 74.7 Å². The summed E-state index contributed by atoms with van der Waals surface area (Å²) in [5, 5.41) is 12.3. The zero-order valence-corrected chi connectivity index (χ0v) is 19.9. The monoisotopic (exact) mass is 474 g/mol. The second-order valence-electron chi connectivity index (χ2n) is 7.32. The summed E-state index contributed by atoms with van der Waals surface area (Å²) < 4.78 is 11.4. The molecular weight excluding hydrogens is 448 g/mol. The number of halogens is 1. The van der Waals surface area contributed by atoms with Crippen LogP contribution < -0.4 is 9.47 Å². The van der Waals surface area contributed by atoms with E-state index in [0.29, 0.717) is 34.3 Å². The van der Waals surface area contributed by atoms with Crippen LogP contribution in [0, 0.1) is 0 Å². The number of rotatable bonds is 10. The Morgan fingerprint density at radius 1 is 1.25 bits per heavy atom. The summed E-state index contributed by atoms with van der Waals surface area (Å²) in [5.41, 5.74) is 1.94. The molecule has 1 atom stereocenters. The summed E-state index contributed by atoms with van der Waals surface area (Å²) in [4.78, 5) is 19.6. The van der Waals surface area contributed by atoms with E-state index >= 15 is 0 Å². The Morgan fingerprint density at radius 3 is 2.72 bits per heavy atom. The van der Waals surface area contributed by atoms with Gasteiger partial charge in [-0.2, -0.15) is 0 Å². The highest BCUT2D eigenvalue weighted by Gasteiger charge is 2.24. The number of thiazole rings is 1. The standard InChI is InChI=1S/C24H27ClN2O4S/c1-4-16(2)27(24(29)20-7-5-6-8-22(20)30-3)12-17-11-18(25)9-10-21(17)31-14-23-26-19(13-28)15-32-23/h5-11,15-16,28H,4,12-14H2,1-3H3/t16-/m1/s1. The normalized spacial score (nSPS) is 11.8. The number of para-hydroxylation sites is 1. The molecule has 0 fully saturated rings. The van der Waals surface area contributed by atoms with Crippen LogP contribution in [0.4, 0.5) is 0 Å². The molecule has 0 saturated carbocycles. The fourth-order valence-corrected chi connectivity index (χ4v) is 4.14. The van der Waals surface area contributed by atoms with Crippen LogP contribution in [0.5, 0.6) is 11.5 Å². The summed E-state index contributed by atoms with van der Waals surface area (Å²) in [6.45, 7) is 4.57. The lowest BCUT2D eigenvalue weighted by Crippen LogP contribution is -2.38. The molecule has 0 radical (unpaired) electrons. The zero-order chi connectivity index (χ0) is 23.1. The molecule has 0 aliphatic rings. The number of hydrogen-bond acceptors (Lipinski definition) is 6. The molecule has 8 heteroatoms. The van der Waals surface area contributed by atoms with Crippen molar-refractivity contribution in [1.82, 2.24) is 9.88 Å². The van der Waals surface area contributed by atoms with Crippen LogP contribution >= 0.6 is 22.9 Å². The van der Waals surface area contributed by atoms with Gasteiger partial charge in [0.05, 0.1) is 25.0 Å². The van der Waals surface area contributed by atoms with Gasteiger partial charge in [0, 0.05) is 28.6 Å². The van der Waals surface area contributed by atoms with Crippen LogP contribution in [0.2, 0.25) is 5.02 Å². The Morgan fingerprint density at radius 2 is 2.03 bits per heavy atom. The van der Waals surface area contributed by atoms with E-state index < -0.39 is 0 Å². The molecule has 0 saturated heterocycles. The largest absolute Gasteiger partial charge is 0.496 e. The zero-order valence-electron chi connectivity index (χ0n) is 18.4. The number of hydrogen-bond donors (Lipinski definition) is 1. The Balaban J connectivity index is 1.87. The highest BCUT2D eigenvalue weighted by Crippen LogP contribution is 2.29. The quantitative estimate of drug-likeness (QED) is 0.430. The van der Waals surface area contributed by atoms with Gasteiger partial charge in [0.1, 0.15) is 23.1 Å². The first-order valence-electron chi connectivity index (χ1n) is 10.4. The number of aliphatic hydroxyl groups is 1. The van der Waals surface area contributed by atoms with Crippen LogP contribution in [-0.2, 0) is 19.8 Å². The van der Waals surface area contributed by atoms with E-state index in [2.05, 4.69) is 4.98 Å². The lowest BCUT2D eigenvalue weighted by atomic mass is 10.1. The predicted molar refractivity (Wildman–Crippen MR) is 126 cm³/mol. The lowest BCUT2D eigenvalue weighted by molar-refractivity contribution is 0.0666. The molecule has 1 amide bonds. The van der Waals surface area contributed by atoms with Crippen molar-refractivity contribution in [2.75, 3.05) is 7.11 Å². The van der Waals surface area contributed by atoms with Gasteiger partial charge in [-0.3, -0.25) is 4.79 Å². The second kappa shape index (κ2) is 11.3. The van der Waals surface area contributed by atoms with Crippen molar-refractivity contribution < 1.29 is 19.4 Å². The molecule has 3 rings (SSSR count). The van der Waals surface area contributed by atoms with Crippen LogP contribution in [0.1, 0.15) is 46.9 Å². The Hall–Kier alpha value is -2.61. The molecular formula is C24H27ClN2O4S. The number of carbonyl (C=O) groups is 1. The topological polar surface area (TPSA) is 71.9 Å². The highest BCUT2D eigenvalue weighted by molar-refractivity contribution is 7.09. The van der Waals surface area contributed by atoms with E-state index in [9.17, 15) is 9.90 Å². The van der Waals surface area contributed by atoms with Crippen molar-refractivity contribution in [2.45, 2.75) is 46.1 Å². The molecule has 6 nitrogen and oxygen atoms in total. The third-order valence-electron chi connectivity index (χ3n) is 5.20. The molecule has 0 bridgehead atoms. The minimum absolute atomic E-state index is 0.00896. The van der Waals surface area contributed by atoms with Crippen molar-refractivity contribution in [3.8, 4) is 11.5 Å². The van der Waals surface area contributed by atoms with E-state index in [1.807, 2.05) is 36.9 Å². The number of benzene rings is 2. The second-order valence-corrected chi connectivity index (χ2v) is 8.70. The van der Waals surface area contributed by atoms with Crippen molar-refractivity contribution in [3.63, 3.8) is 0 Å². The van der Waals surface area contributed by atoms with Gasteiger partial charge in [0.15, 0.2) is 0 Å². The van der Waals surface area contributed by atoms with E-state index in [4.69, 9.17) is 21.1 Å². The summed E-state index contributed by atoms with van der Waals surface area (Å²) in [5.74, 6) is 1.06. The van der Waals surface area contributed by atoms with Crippen molar-refractivity contribution in [2.24, 2.45) is 0 Å². The predicted octanol–water partition coefficient (Wildman–Crippen LogP) is 5.32. The Labute approximate surface area is 197 Å². The SMILES string of the molecule is CC[C@@H](C)N(Cc1cc(Cl)ccc1OCc1nc(CO)cs1)C(=O)c1ccccc1OC. The smallest absolute Gasteiger partial charge is 0.258 e. The van der Waals surface area contributed by atoms with E-state index in [0.717, 1.165) is 17.0 Å². The molecule has 1 aromatic heterocycles. The van der Waals surface area contributed by atoms with Crippen LogP contribution in [-0.4, -0.2) is 34.0 Å². The molecule has 170 valence electrons. The fraction of sp³-hybridized carbons (Fsp3) is 0.333. The van der Waals surface area contributed by atoms with Crippen LogP contribution in [0.3, 0.4) is 0 Å². The number of ether oxygens (including phenoxy) is 2. The molecule has 1 N–H and O–H groups in total. The summed E-state index contributed by atoms with van der Waals surface area (Å²) in [6.07, 6.45) is 0.792. The minimum atomic E-state index is -0.116. The van der Waals surface area contributed by atoms with Gasteiger partial charge in [-0.25, -0.2) is 4.98 Å². The van der Waals surface area contributed by atoms with Crippen molar-refractivity contribution in [1.29, 1.82) is 0 Å². The third kappa shape index (κ3) is 5.79. The fourth-order valence-electron chi connectivity index (χ4n) is 3.25. The van der Waals surface area contributed by atoms with Gasteiger partial charge in [-0.15, -0.1) is 11.3 Å². The van der Waals surface area contributed by atoms with Gasteiger partial charge in [-0.1, -0.05) is 30.7 Å². The maximum absolute atomic E-state index is 13.5. The molecule has 3 aromatic rings. The first kappa shape index (κ1) is 24.0. The number of nitrogens with zero attached hydrogens (tertiary/aromatic N) is 2. The highest BCUT2D eigenvalue weighted by atomic mass is 35.5. The Bertz CT molecular complexity index is 1060. The first-order chi connectivity index (χ1) is 15.5. The van der Waals surface area contributed by atoms with Gasteiger partial charge in [0.2, 0.25) is 0 Å². The number of methoxy groups -OCH3 is 1. The third-order valence-corrected chi connectivity index (χ3v) is 6.30. The first-order valence-corrected chi connectivity index (χ1v) is 11.6. The maximum atomic E-state index is 13.5. The summed E-state index contributed by atoms with van der Waals surface area (Å²) in [7, 11) is 1.56. The molecule has 2 aromatic carbocycles. The maximum Gasteiger partial charge on any atom is 0.258 e. The molecule has 0 spiro atoms. The summed E-state index contributed by atoms with van der Waals surface area (Å²) in [6, 6.07) is 12.6. The minimum Gasteiger partial charge on any atom is -0.496 e. The van der Waals surface area contributed by atoms with Crippen LogP contribution in [0.15, 0.2) is 47.8 Å². The van der Waals surface area contributed by atoms with E-state index in [1.54, 1.807) is 36.8 Å².